The van der Waals surface area contributed by atoms with Crippen LogP contribution in [0.1, 0.15) is 30.9 Å². The molecule has 2 aromatic carbocycles. The van der Waals surface area contributed by atoms with Gasteiger partial charge in [-0.05, 0) is 67.7 Å². The molecule has 1 atom stereocenters. The van der Waals surface area contributed by atoms with Gasteiger partial charge in [-0.15, -0.1) is 0 Å². The molecule has 1 unspecified atom stereocenters. The monoisotopic (exact) mass is 413 g/mol. The molecular weight excluding hydrogens is 394 g/mol. The largest absolute Gasteiger partial charge is 0.256 e. The molecule has 5 rings (SSSR count). The lowest BCUT2D eigenvalue weighted by Crippen LogP contribution is -2.32. The maximum Gasteiger partial charge on any atom is 0.0792 e. The quantitative estimate of drug-likeness (QED) is 0.498. The van der Waals surface area contributed by atoms with Gasteiger partial charge in [-0.3, -0.25) is 4.98 Å². The van der Waals surface area contributed by atoms with E-state index in [2.05, 4.69) is 89.6 Å². The summed E-state index contributed by atoms with van der Waals surface area (Å²) in [7, 11) is 0. The summed E-state index contributed by atoms with van der Waals surface area (Å²) < 4.78 is 1.20. The zero-order chi connectivity index (χ0) is 18.4. The van der Waals surface area contributed by atoms with Crippen LogP contribution in [0.15, 0.2) is 53.2 Å². The predicted molar refractivity (Wildman–Crippen MR) is 120 cm³/mol. The highest BCUT2D eigenvalue weighted by atomic mass is 79.9. The molecule has 0 saturated carbocycles. The van der Waals surface area contributed by atoms with Crippen molar-refractivity contribution in [3.05, 3.63) is 74.7 Å². The van der Waals surface area contributed by atoms with Gasteiger partial charge in [-0.25, -0.2) is 0 Å². The van der Waals surface area contributed by atoms with Gasteiger partial charge in [0, 0.05) is 21.6 Å². The SMILES string of the molecule is CC1C=Cc2c(c(-c3nccc4ccccc34)c3c(c2Br)=CCCC=3)C=C1. The van der Waals surface area contributed by atoms with Crippen molar-refractivity contribution >= 4 is 51.0 Å². The van der Waals surface area contributed by atoms with Crippen molar-refractivity contribution in [1.82, 2.24) is 4.98 Å². The molecule has 0 N–H and O–H groups in total. The van der Waals surface area contributed by atoms with Gasteiger partial charge in [0.1, 0.15) is 0 Å². The zero-order valence-corrected chi connectivity index (χ0v) is 16.8. The topological polar surface area (TPSA) is 12.9 Å². The third-order valence-corrected chi connectivity index (χ3v) is 6.35. The van der Waals surface area contributed by atoms with E-state index in [0.717, 1.165) is 18.5 Å². The third-order valence-electron chi connectivity index (χ3n) is 5.50. The summed E-state index contributed by atoms with van der Waals surface area (Å²) >= 11 is 3.91. The van der Waals surface area contributed by atoms with Crippen LogP contribution in [-0.2, 0) is 0 Å². The maximum absolute atomic E-state index is 4.87. The van der Waals surface area contributed by atoms with E-state index < -0.39 is 0 Å². The van der Waals surface area contributed by atoms with Gasteiger partial charge in [-0.1, -0.05) is 67.6 Å². The van der Waals surface area contributed by atoms with E-state index in [0.29, 0.717) is 5.92 Å². The average Bonchev–Trinajstić information content (AvgIpc) is 2.90. The van der Waals surface area contributed by atoms with E-state index in [4.69, 9.17) is 4.98 Å². The molecule has 132 valence electrons. The number of aromatic nitrogens is 1. The van der Waals surface area contributed by atoms with Gasteiger partial charge in [0.15, 0.2) is 0 Å². The molecule has 2 heteroatoms. The highest BCUT2D eigenvalue weighted by Crippen LogP contribution is 2.33. The molecule has 0 fully saturated rings. The fraction of sp³-hybridized carbons (Fsp3) is 0.160. The number of nitrogens with zero attached hydrogens (tertiary/aromatic N) is 1. The Labute approximate surface area is 167 Å². The second-order valence-electron chi connectivity index (χ2n) is 7.29. The van der Waals surface area contributed by atoms with E-state index in [1.54, 1.807) is 0 Å². The summed E-state index contributed by atoms with van der Waals surface area (Å²) in [4.78, 5) is 4.87. The zero-order valence-electron chi connectivity index (χ0n) is 15.2. The molecule has 1 nitrogen and oxygen atoms in total. The van der Waals surface area contributed by atoms with Gasteiger partial charge in [0.25, 0.3) is 0 Å². The van der Waals surface area contributed by atoms with Crippen LogP contribution in [0, 0.1) is 5.92 Å². The minimum atomic E-state index is 0.419. The summed E-state index contributed by atoms with van der Waals surface area (Å²) in [6.45, 7) is 2.22. The molecule has 1 aromatic heterocycles. The van der Waals surface area contributed by atoms with E-state index in [-0.39, 0.29) is 0 Å². The second-order valence-corrected chi connectivity index (χ2v) is 8.08. The minimum absolute atomic E-state index is 0.419. The van der Waals surface area contributed by atoms with Crippen LogP contribution in [0.5, 0.6) is 0 Å². The molecule has 0 radical (unpaired) electrons. The first-order valence-corrected chi connectivity index (χ1v) is 10.3. The molecule has 27 heavy (non-hydrogen) atoms. The first-order valence-electron chi connectivity index (χ1n) is 9.50. The number of benzene rings is 2. The van der Waals surface area contributed by atoms with Crippen molar-refractivity contribution in [2.45, 2.75) is 19.8 Å². The van der Waals surface area contributed by atoms with Crippen molar-refractivity contribution < 1.29 is 0 Å². The molecule has 2 aliphatic rings. The lowest BCUT2D eigenvalue weighted by molar-refractivity contribution is 0.954. The first kappa shape index (κ1) is 16.7. The number of pyridine rings is 1. The summed E-state index contributed by atoms with van der Waals surface area (Å²) in [6.07, 6.45) is 17.9. The Bertz CT molecular complexity index is 1240. The predicted octanol–water partition coefficient (Wildman–Crippen LogP) is 5.70. The fourth-order valence-electron chi connectivity index (χ4n) is 4.13. The summed E-state index contributed by atoms with van der Waals surface area (Å²) in [6, 6.07) is 10.6. The Hall–Kier alpha value is -2.45. The first-order chi connectivity index (χ1) is 13.2. The molecule has 0 amide bonds. The van der Waals surface area contributed by atoms with Gasteiger partial charge < -0.3 is 0 Å². The number of halogens is 1. The van der Waals surface area contributed by atoms with Crippen molar-refractivity contribution in [1.29, 1.82) is 0 Å². The molecule has 2 aliphatic carbocycles. The molecule has 0 spiro atoms. The molecule has 3 aromatic rings. The number of allylic oxidation sites excluding steroid dienone is 2. The maximum atomic E-state index is 4.87. The average molecular weight is 414 g/mol. The van der Waals surface area contributed by atoms with Crippen molar-refractivity contribution in [3.8, 4) is 11.3 Å². The van der Waals surface area contributed by atoms with Crippen molar-refractivity contribution in [3.63, 3.8) is 0 Å². The number of hydrogen-bond acceptors (Lipinski definition) is 1. The van der Waals surface area contributed by atoms with Crippen molar-refractivity contribution in [2.24, 2.45) is 5.92 Å². The second kappa shape index (κ2) is 6.61. The number of fused-ring (bicyclic) bond motifs is 3. The van der Waals surface area contributed by atoms with Crippen LogP contribution >= 0.6 is 15.9 Å². The normalized spacial score (nSPS) is 17.6. The lowest BCUT2D eigenvalue weighted by atomic mass is 9.90. The summed E-state index contributed by atoms with van der Waals surface area (Å²) in [5, 5.41) is 5.05. The van der Waals surface area contributed by atoms with E-state index in [1.807, 2.05) is 6.20 Å². The minimum Gasteiger partial charge on any atom is -0.256 e. The van der Waals surface area contributed by atoms with Crippen LogP contribution in [0.25, 0.3) is 46.3 Å². The Kier molecular flexibility index (Phi) is 4.09. The summed E-state index contributed by atoms with van der Waals surface area (Å²) in [5.74, 6) is 0.419. The molecule has 0 aliphatic heterocycles. The van der Waals surface area contributed by atoms with Crippen LogP contribution in [0.2, 0.25) is 0 Å². The Morgan fingerprint density at radius 3 is 2.52 bits per heavy atom. The standard InChI is InChI=1S/C25H20BrN/c1-16-10-12-20-22(13-11-16)24(26)21-9-5-4-8-19(21)23(20)25-18-7-3-2-6-17(18)14-15-27-25/h2-3,6-16H,4-5H2,1H3. The molecule has 1 heterocycles. The molecular formula is C25H20BrN. The molecule has 0 bridgehead atoms. The number of hydrogen-bond donors (Lipinski definition) is 0. The van der Waals surface area contributed by atoms with E-state index >= 15 is 0 Å². The third kappa shape index (κ3) is 2.71. The van der Waals surface area contributed by atoms with Gasteiger partial charge in [-0.2, -0.15) is 0 Å². The smallest absolute Gasteiger partial charge is 0.0792 e. The van der Waals surface area contributed by atoms with E-state index in [9.17, 15) is 0 Å². The highest BCUT2D eigenvalue weighted by molar-refractivity contribution is 9.10. The van der Waals surface area contributed by atoms with Gasteiger partial charge in [0.2, 0.25) is 0 Å². The highest BCUT2D eigenvalue weighted by Gasteiger charge is 2.19. The fourth-order valence-corrected chi connectivity index (χ4v) is 4.85. The lowest BCUT2D eigenvalue weighted by Gasteiger charge is -2.17. The number of rotatable bonds is 1. The van der Waals surface area contributed by atoms with Crippen LogP contribution < -0.4 is 10.4 Å². The Morgan fingerprint density at radius 2 is 1.67 bits per heavy atom. The van der Waals surface area contributed by atoms with Crippen LogP contribution in [0.4, 0.5) is 0 Å². The Balaban J connectivity index is 2.00. The van der Waals surface area contributed by atoms with Crippen LogP contribution in [0.3, 0.4) is 0 Å². The Morgan fingerprint density at radius 1 is 0.926 bits per heavy atom. The van der Waals surface area contributed by atoms with Crippen LogP contribution in [-0.4, -0.2) is 4.98 Å². The van der Waals surface area contributed by atoms with E-state index in [1.165, 1.54) is 42.4 Å². The van der Waals surface area contributed by atoms with Crippen molar-refractivity contribution in [2.75, 3.05) is 0 Å². The van der Waals surface area contributed by atoms with Gasteiger partial charge in [0.05, 0.1) is 5.69 Å². The summed E-state index contributed by atoms with van der Waals surface area (Å²) in [5.41, 5.74) is 4.85. The van der Waals surface area contributed by atoms with Gasteiger partial charge >= 0.3 is 0 Å². The molecule has 0 saturated heterocycles.